The number of nitrogens with zero attached hydrogens (tertiary/aromatic N) is 2. The summed E-state index contributed by atoms with van der Waals surface area (Å²) in [5.74, 6) is 0.784. The summed E-state index contributed by atoms with van der Waals surface area (Å²) in [7, 11) is 0. The van der Waals surface area contributed by atoms with E-state index in [4.69, 9.17) is 0 Å². The number of hydrogen-bond acceptors (Lipinski definition) is 3. The van der Waals surface area contributed by atoms with Crippen LogP contribution in [-0.4, -0.2) is 9.97 Å². The second kappa shape index (κ2) is 4.61. The zero-order valence-corrected chi connectivity index (χ0v) is 10.7. The van der Waals surface area contributed by atoms with Gasteiger partial charge < -0.3 is 5.32 Å². The lowest BCUT2D eigenvalue weighted by molar-refractivity contribution is 1.14. The van der Waals surface area contributed by atoms with Gasteiger partial charge in [0.15, 0.2) is 0 Å². The second-order valence-corrected chi connectivity index (χ2v) is 4.54. The third kappa shape index (κ3) is 2.79. The first kappa shape index (κ1) is 11.1. The van der Waals surface area contributed by atoms with Crippen LogP contribution in [-0.2, 0) is 0 Å². The van der Waals surface area contributed by atoms with Crippen LogP contribution < -0.4 is 5.32 Å². The standard InChI is InChI=1S/C12H12BrN3/c1-8-3-9(2)5-10(4-8)16-12-6-11(13)14-7-15-12/h3-7H,1-2H3,(H,14,15,16). The Kier molecular flexibility index (Phi) is 3.19. The summed E-state index contributed by atoms with van der Waals surface area (Å²) >= 11 is 3.31. The van der Waals surface area contributed by atoms with Crippen molar-refractivity contribution >= 4 is 27.4 Å². The Labute approximate surface area is 103 Å². The predicted molar refractivity (Wildman–Crippen MR) is 68.9 cm³/mol. The molecular weight excluding hydrogens is 266 g/mol. The molecule has 0 saturated carbocycles. The van der Waals surface area contributed by atoms with Crippen molar-refractivity contribution in [2.24, 2.45) is 0 Å². The Balaban J connectivity index is 2.27. The molecule has 1 N–H and O–H groups in total. The molecule has 0 bridgehead atoms. The van der Waals surface area contributed by atoms with Crippen LogP contribution in [0, 0.1) is 13.8 Å². The zero-order chi connectivity index (χ0) is 11.5. The van der Waals surface area contributed by atoms with Crippen molar-refractivity contribution in [2.75, 3.05) is 5.32 Å². The minimum atomic E-state index is 0.773. The van der Waals surface area contributed by atoms with Gasteiger partial charge in [-0.3, -0.25) is 0 Å². The maximum Gasteiger partial charge on any atom is 0.134 e. The molecule has 0 amide bonds. The maximum absolute atomic E-state index is 4.14. The van der Waals surface area contributed by atoms with Crippen molar-refractivity contribution in [1.82, 2.24) is 9.97 Å². The van der Waals surface area contributed by atoms with E-state index in [1.807, 2.05) is 6.07 Å². The highest BCUT2D eigenvalue weighted by Crippen LogP contribution is 2.19. The number of nitrogens with one attached hydrogen (secondary N) is 1. The molecule has 0 aliphatic heterocycles. The molecule has 0 spiro atoms. The fourth-order valence-corrected chi connectivity index (χ4v) is 1.91. The van der Waals surface area contributed by atoms with Crippen molar-refractivity contribution in [3.63, 3.8) is 0 Å². The van der Waals surface area contributed by atoms with E-state index in [0.717, 1.165) is 16.1 Å². The van der Waals surface area contributed by atoms with Gasteiger partial charge in [-0.25, -0.2) is 9.97 Å². The van der Waals surface area contributed by atoms with E-state index >= 15 is 0 Å². The Hall–Kier alpha value is -1.42. The van der Waals surface area contributed by atoms with Gasteiger partial charge in [-0.15, -0.1) is 0 Å². The number of aromatic nitrogens is 2. The van der Waals surface area contributed by atoms with Crippen molar-refractivity contribution in [2.45, 2.75) is 13.8 Å². The summed E-state index contributed by atoms with van der Waals surface area (Å²) in [6.45, 7) is 4.15. The average Bonchev–Trinajstić information content (AvgIpc) is 2.15. The molecule has 1 aromatic carbocycles. The minimum absolute atomic E-state index is 0.773. The Morgan fingerprint density at radius 2 is 1.69 bits per heavy atom. The number of anilines is 2. The van der Waals surface area contributed by atoms with E-state index in [9.17, 15) is 0 Å². The molecule has 2 rings (SSSR count). The lowest BCUT2D eigenvalue weighted by Gasteiger charge is -2.07. The Morgan fingerprint density at radius 3 is 2.31 bits per heavy atom. The highest BCUT2D eigenvalue weighted by molar-refractivity contribution is 9.10. The number of halogens is 1. The van der Waals surface area contributed by atoms with Crippen LogP contribution in [0.4, 0.5) is 11.5 Å². The molecule has 0 aliphatic carbocycles. The summed E-state index contributed by atoms with van der Waals surface area (Å²) in [5.41, 5.74) is 3.51. The molecule has 0 fully saturated rings. The maximum atomic E-state index is 4.14. The topological polar surface area (TPSA) is 37.8 Å². The Bertz CT molecular complexity index is 491. The van der Waals surface area contributed by atoms with Crippen molar-refractivity contribution < 1.29 is 0 Å². The van der Waals surface area contributed by atoms with Crippen LogP contribution in [0.3, 0.4) is 0 Å². The first-order valence-corrected chi connectivity index (χ1v) is 5.75. The normalized spacial score (nSPS) is 10.2. The van der Waals surface area contributed by atoms with Crippen LogP contribution in [0.15, 0.2) is 35.2 Å². The number of rotatable bonds is 2. The van der Waals surface area contributed by atoms with E-state index in [0.29, 0.717) is 0 Å². The van der Waals surface area contributed by atoms with Gasteiger partial charge in [-0.1, -0.05) is 6.07 Å². The van der Waals surface area contributed by atoms with E-state index in [1.165, 1.54) is 17.5 Å². The second-order valence-electron chi connectivity index (χ2n) is 3.73. The third-order valence-corrected chi connectivity index (χ3v) is 2.56. The predicted octanol–water partition coefficient (Wildman–Crippen LogP) is 3.60. The van der Waals surface area contributed by atoms with Crippen LogP contribution in [0.25, 0.3) is 0 Å². The molecule has 82 valence electrons. The summed E-state index contributed by atoms with van der Waals surface area (Å²) < 4.78 is 0.773. The largest absolute Gasteiger partial charge is 0.340 e. The van der Waals surface area contributed by atoms with E-state index in [1.54, 1.807) is 0 Å². The number of benzene rings is 1. The van der Waals surface area contributed by atoms with Gasteiger partial charge in [-0.05, 0) is 53.0 Å². The minimum Gasteiger partial charge on any atom is -0.340 e. The van der Waals surface area contributed by atoms with Crippen LogP contribution in [0.2, 0.25) is 0 Å². The molecule has 2 aromatic rings. The highest BCUT2D eigenvalue weighted by atomic mass is 79.9. The van der Waals surface area contributed by atoms with Gasteiger partial charge in [0.1, 0.15) is 16.7 Å². The molecule has 1 heterocycles. The molecule has 0 unspecified atom stereocenters. The number of hydrogen-bond donors (Lipinski definition) is 1. The monoisotopic (exact) mass is 277 g/mol. The van der Waals surface area contributed by atoms with Gasteiger partial charge in [0.25, 0.3) is 0 Å². The fourth-order valence-electron chi connectivity index (χ4n) is 1.60. The van der Waals surface area contributed by atoms with Crippen molar-refractivity contribution in [1.29, 1.82) is 0 Å². The smallest absolute Gasteiger partial charge is 0.134 e. The molecule has 0 saturated heterocycles. The summed E-state index contributed by atoms with van der Waals surface area (Å²) in [6.07, 6.45) is 1.52. The summed E-state index contributed by atoms with van der Waals surface area (Å²) in [6, 6.07) is 8.16. The summed E-state index contributed by atoms with van der Waals surface area (Å²) in [5, 5.41) is 3.25. The van der Waals surface area contributed by atoms with Gasteiger partial charge in [-0.2, -0.15) is 0 Å². The van der Waals surface area contributed by atoms with Gasteiger partial charge in [0.2, 0.25) is 0 Å². The SMILES string of the molecule is Cc1cc(C)cc(Nc2cc(Br)ncn2)c1. The average molecular weight is 278 g/mol. The first-order chi connectivity index (χ1) is 7.63. The van der Waals surface area contributed by atoms with Gasteiger partial charge in [0, 0.05) is 11.8 Å². The van der Waals surface area contributed by atoms with E-state index < -0.39 is 0 Å². The molecule has 0 atom stereocenters. The summed E-state index contributed by atoms with van der Waals surface area (Å²) in [4.78, 5) is 8.12. The molecule has 4 heteroatoms. The molecule has 3 nitrogen and oxygen atoms in total. The molecule has 0 radical (unpaired) electrons. The van der Waals surface area contributed by atoms with Crippen molar-refractivity contribution in [3.8, 4) is 0 Å². The lowest BCUT2D eigenvalue weighted by atomic mass is 10.1. The zero-order valence-electron chi connectivity index (χ0n) is 9.16. The Morgan fingerprint density at radius 1 is 1.00 bits per heavy atom. The molecule has 1 aromatic heterocycles. The van der Waals surface area contributed by atoms with E-state index in [-0.39, 0.29) is 0 Å². The first-order valence-electron chi connectivity index (χ1n) is 4.96. The molecular formula is C12H12BrN3. The van der Waals surface area contributed by atoms with Crippen LogP contribution in [0.1, 0.15) is 11.1 Å². The molecule has 16 heavy (non-hydrogen) atoms. The quantitative estimate of drug-likeness (QED) is 0.853. The fraction of sp³-hybridized carbons (Fsp3) is 0.167. The van der Waals surface area contributed by atoms with Crippen LogP contribution >= 0.6 is 15.9 Å². The van der Waals surface area contributed by atoms with Crippen molar-refractivity contribution in [3.05, 3.63) is 46.3 Å². The lowest BCUT2D eigenvalue weighted by Crippen LogP contribution is -1.95. The third-order valence-electron chi connectivity index (χ3n) is 2.13. The van der Waals surface area contributed by atoms with Crippen LogP contribution in [0.5, 0.6) is 0 Å². The molecule has 0 aliphatic rings. The number of aryl methyl sites for hydroxylation is 2. The van der Waals surface area contributed by atoms with E-state index in [2.05, 4.69) is 63.3 Å². The van der Waals surface area contributed by atoms with Gasteiger partial charge in [0.05, 0.1) is 0 Å². The highest BCUT2D eigenvalue weighted by Gasteiger charge is 1.99. The van der Waals surface area contributed by atoms with Gasteiger partial charge >= 0.3 is 0 Å².